The van der Waals surface area contributed by atoms with Crippen molar-refractivity contribution in [3.8, 4) is 11.1 Å². The summed E-state index contributed by atoms with van der Waals surface area (Å²) in [5.41, 5.74) is 11.0. The number of fused-ring (bicyclic) bond motifs is 3. The molecule has 3 aromatic carbocycles. The third-order valence-corrected chi connectivity index (χ3v) is 7.35. The van der Waals surface area contributed by atoms with Crippen molar-refractivity contribution < 1.29 is 0 Å². The zero-order chi connectivity index (χ0) is 25.3. The molecular weight excluding hydrogens is 410 g/mol. The lowest BCUT2D eigenvalue weighted by molar-refractivity contribution is 0.526. The molecule has 4 rings (SSSR count). The minimum absolute atomic E-state index is 0.00932. The molecule has 1 nitrogen and oxygen atoms in total. The lowest BCUT2D eigenvalue weighted by atomic mass is 9.75. The first-order valence-corrected chi connectivity index (χ1v) is 12.7. The summed E-state index contributed by atoms with van der Waals surface area (Å²) >= 11 is 0. The molecule has 0 radical (unpaired) electrons. The van der Waals surface area contributed by atoms with E-state index >= 15 is 0 Å². The molecule has 0 aliphatic heterocycles. The van der Waals surface area contributed by atoms with Crippen LogP contribution in [0.15, 0.2) is 60.7 Å². The largest absolute Gasteiger partial charge is 0.335 e. The molecule has 3 aromatic rings. The molecule has 1 aliphatic carbocycles. The summed E-state index contributed by atoms with van der Waals surface area (Å²) < 4.78 is 0. The zero-order valence-corrected chi connectivity index (χ0v) is 23.2. The maximum atomic E-state index is 2.65. The zero-order valence-electron chi connectivity index (χ0n) is 23.2. The van der Waals surface area contributed by atoms with Crippen LogP contribution in [0, 0.1) is 0 Å². The van der Waals surface area contributed by atoms with Crippen molar-refractivity contribution >= 4 is 11.4 Å². The van der Waals surface area contributed by atoms with E-state index in [1.807, 2.05) is 0 Å². The van der Waals surface area contributed by atoms with E-state index in [-0.39, 0.29) is 21.8 Å². The number of para-hydroxylation sites is 1. The van der Waals surface area contributed by atoms with Crippen molar-refractivity contribution in [3.05, 3.63) is 82.9 Å². The van der Waals surface area contributed by atoms with Gasteiger partial charge in [0, 0.05) is 16.6 Å². The van der Waals surface area contributed by atoms with Crippen LogP contribution in [0.25, 0.3) is 11.1 Å². The van der Waals surface area contributed by atoms with Crippen LogP contribution in [0.3, 0.4) is 0 Å². The summed E-state index contributed by atoms with van der Waals surface area (Å²) in [5.74, 6) is 0. The number of rotatable bonds is 2. The molecule has 180 valence electrons. The van der Waals surface area contributed by atoms with Gasteiger partial charge >= 0.3 is 0 Å². The van der Waals surface area contributed by atoms with Crippen LogP contribution in [0.2, 0.25) is 0 Å². The second-order valence-electron chi connectivity index (χ2n) is 13.6. The van der Waals surface area contributed by atoms with Gasteiger partial charge in [-0.15, -0.1) is 0 Å². The molecule has 0 heterocycles. The van der Waals surface area contributed by atoms with Gasteiger partial charge in [0.25, 0.3) is 0 Å². The minimum Gasteiger partial charge on any atom is -0.335 e. The Morgan fingerprint density at radius 3 is 1.74 bits per heavy atom. The monoisotopic (exact) mass is 453 g/mol. The van der Waals surface area contributed by atoms with Crippen LogP contribution in [0.1, 0.15) is 98.4 Å². The van der Waals surface area contributed by atoms with Gasteiger partial charge in [0.2, 0.25) is 0 Å². The third-order valence-electron chi connectivity index (χ3n) is 7.35. The summed E-state index contributed by atoms with van der Waals surface area (Å²) in [6.07, 6.45) is 0. The van der Waals surface area contributed by atoms with Crippen molar-refractivity contribution in [2.75, 3.05) is 4.90 Å². The highest BCUT2D eigenvalue weighted by Crippen LogP contribution is 2.57. The van der Waals surface area contributed by atoms with Gasteiger partial charge in [-0.1, -0.05) is 110 Å². The third kappa shape index (κ3) is 3.88. The van der Waals surface area contributed by atoms with E-state index < -0.39 is 0 Å². The molecule has 0 saturated heterocycles. The van der Waals surface area contributed by atoms with Gasteiger partial charge in [-0.25, -0.2) is 0 Å². The number of hydrogen-bond acceptors (Lipinski definition) is 1. The molecule has 34 heavy (non-hydrogen) atoms. The van der Waals surface area contributed by atoms with E-state index in [1.54, 1.807) is 0 Å². The second-order valence-corrected chi connectivity index (χ2v) is 13.6. The lowest BCUT2D eigenvalue weighted by Gasteiger charge is -2.45. The number of benzene rings is 3. The van der Waals surface area contributed by atoms with Gasteiger partial charge in [-0.3, -0.25) is 0 Å². The number of anilines is 2. The Balaban J connectivity index is 2.18. The van der Waals surface area contributed by atoms with Gasteiger partial charge in [0.1, 0.15) is 0 Å². The molecule has 1 heteroatoms. The fourth-order valence-corrected chi connectivity index (χ4v) is 5.80. The first-order valence-electron chi connectivity index (χ1n) is 12.7. The highest BCUT2D eigenvalue weighted by molar-refractivity contribution is 5.90. The second kappa shape index (κ2) is 7.74. The van der Waals surface area contributed by atoms with Crippen molar-refractivity contribution in [1.29, 1.82) is 0 Å². The van der Waals surface area contributed by atoms with E-state index in [9.17, 15) is 0 Å². The summed E-state index contributed by atoms with van der Waals surface area (Å²) in [4.78, 5) is 2.65. The van der Waals surface area contributed by atoms with Crippen molar-refractivity contribution in [3.63, 3.8) is 0 Å². The molecule has 0 amide bonds. The molecule has 0 N–H and O–H groups in total. The maximum absolute atomic E-state index is 2.65. The van der Waals surface area contributed by atoms with Crippen molar-refractivity contribution in [2.24, 2.45) is 0 Å². The molecule has 0 atom stereocenters. The Bertz CT molecular complexity index is 1220. The minimum atomic E-state index is -0.110. The Morgan fingerprint density at radius 2 is 1.15 bits per heavy atom. The van der Waals surface area contributed by atoms with Crippen molar-refractivity contribution in [2.45, 2.75) is 97.9 Å². The fourth-order valence-electron chi connectivity index (χ4n) is 5.80. The average Bonchev–Trinajstić information content (AvgIpc) is 2.94. The highest BCUT2D eigenvalue weighted by atomic mass is 15.2. The molecule has 0 bridgehead atoms. The van der Waals surface area contributed by atoms with Gasteiger partial charge in [-0.2, -0.15) is 0 Å². The Morgan fingerprint density at radius 1 is 0.588 bits per heavy atom. The van der Waals surface area contributed by atoms with Gasteiger partial charge in [0.05, 0.1) is 5.69 Å². The molecule has 0 saturated carbocycles. The summed E-state index contributed by atoms with van der Waals surface area (Å²) in [5, 5.41) is 0. The van der Waals surface area contributed by atoms with Crippen LogP contribution in [-0.2, 0) is 16.2 Å². The SMILES string of the molecule is CC(C)(C)c1ccccc1N(c1c(C(C)(C)C)ccc2c1C(C)(C)c1ccccc1-2)C(C)(C)C. The Hall–Kier alpha value is -2.54. The van der Waals surface area contributed by atoms with E-state index in [4.69, 9.17) is 0 Å². The van der Waals surface area contributed by atoms with Crippen molar-refractivity contribution in [1.82, 2.24) is 0 Å². The fraction of sp³-hybridized carbons (Fsp3) is 0.455. The summed E-state index contributed by atoms with van der Waals surface area (Å²) in [6.45, 7) is 25.9. The van der Waals surface area contributed by atoms with Crippen LogP contribution < -0.4 is 4.90 Å². The van der Waals surface area contributed by atoms with E-state index in [0.717, 1.165) is 0 Å². The van der Waals surface area contributed by atoms with Crippen LogP contribution in [-0.4, -0.2) is 5.54 Å². The summed E-state index contributed by atoms with van der Waals surface area (Å²) in [7, 11) is 0. The summed E-state index contributed by atoms with van der Waals surface area (Å²) in [6, 6.07) is 22.8. The predicted octanol–water partition coefficient (Wildman–Crippen LogP) is 9.52. The first kappa shape index (κ1) is 24.6. The average molecular weight is 454 g/mol. The molecule has 0 spiro atoms. The molecule has 0 aromatic heterocycles. The quantitative estimate of drug-likeness (QED) is 0.373. The molecule has 1 aliphatic rings. The topological polar surface area (TPSA) is 3.24 Å². The molecule has 0 unspecified atom stereocenters. The van der Waals surface area contributed by atoms with E-state index in [2.05, 4.69) is 142 Å². The first-order chi connectivity index (χ1) is 15.6. The normalized spacial score (nSPS) is 15.1. The van der Waals surface area contributed by atoms with Crippen LogP contribution in [0.5, 0.6) is 0 Å². The maximum Gasteiger partial charge on any atom is 0.0501 e. The van der Waals surface area contributed by atoms with Gasteiger partial charge < -0.3 is 4.90 Å². The van der Waals surface area contributed by atoms with Gasteiger partial charge in [0.15, 0.2) is 0 Å². The van der Waals surface area contributed by atoms with Crippen LogP contribution in [0.4, 0.5) is 11.4 Å². The standard InChI is InChI=1S/C33H43N/c1-30(2,3)25-18-14-15-19-27(25)34(32(7,8)9)29-26(31(4,5)6)21-20-23-22-16-12-13-17-24(22)33(10,11)28(23)29/h12-21H,1-11H3. The Labute approximate surface area is 208 Å². The van der Waals surface area contributed by atoms with Crippen LogP contribution >= 0.6 is 0 Å². The lowest BCUT2D eigenvalue weighted by Crippen LogP contribution is -2.41. The predicted molar refractivity (Wildman–Crippen MR) is 150 cm³/mol. The van der Waals surface area contributed by atoms with E-state index in [0.29, 0.717) is 0 Å². The molecule has 0 fully saturated rings. The smallest absolute Gasteiger partial charge is 0.0501 e. The van der Waals surface area contributed by atoms with E-state index in [1.165, 1.54) is 44.8 Å². The highest BCUT2D eigenvalue weighted by Gasteiger charge is 2.43. The Kier molecular flexibility index (Phi) is 5.59. The molecular formula is C33H43N. The van der Waals surface area contributed by atoms with Gasteiger partial charge in [-0.05, 0) is 71.0 Å². The number of hydrogen-bond donors (Lipinski definition) is 0. The number of nitrogens with zero attached hydrogens (tertiary/aromatic N) is 1.